The van der Waals surface area contributed by atoms with Gasteiger partial charge in [-0.3, -0.25) is 4.79 Å². The van der Waals surface area contributed by atoms with Crippen LogP contribution in [-0.4, -0.2) is 29.0 Å². The van der Waals surface area contributed by atoms with Crippen LogP contribution in [0.2, 0.25) is 5.28 Å². The number of amides is 1. The van der Waals surface area contributed by atoms with Crippen LogP contribution >= 0.6 is 11.6 Å². The number of carbonyl (C=O) groups is 2. The van der Waals surface area contributed by atoms with Crippen LogP contribution in [0.15, 0.2) is 34.7 Å². The highest BCUT2D eigenvalue weighted by Gasteiger charge is 2.13. The quantitative estimate of drug-likeness (QED) is 0.715. The van der Waals surface area contributed by atoms with Crippen molar-refractivity contribution < 1.29 is 18.7 Å². The lowest BCUT2D eigenvalue weighted by Crippen LogP contribution is -2.22. The highest BCUT2D eigenvalue weighted by atomic mass is 35.5. The molecule has 0 bridgehead atoms. The van der Waals surface area contributed by atoms with Gasteiger partial charge in [-0.15, -0.1) is 0 Å². The van der Waals surface area contributed by atoms with E-state index >= 15 is 0 Å². The molecule has 0 radical (unpaired) electrons. The minimum absolute atomic E-state index is 0.0882. The van der Waals surface area contributed by atoms with Crippen molar-refractivity contribution in [2.24, 2.45) is 0 Å². The van der Waals surface area contributed by atoms with Gasteiger partial charge in [0, 0.05) is 5.56 Å². The predicted octanol–water partition coefficient (Wildman–Crippen LogP) is 2.53. The van der Waals surface area contributed by atoms with Crippen LogP contribution in [0.3, 0.4) is 0 Å². The zero-order chi connectivity index (χ0) is 16.4. The van der Waals surface area contributed by atoms with Crippen molar-refractivity contribution in [3.63, 3.8) is 0 Å². The number of hydrogen-bond acceptors (Lipinski definition) is 5. The number of halogens is 1. The number of fused-ring (bicyclic) bond motifs is 1. The average Bonchev–Trinajstić information content (AvgIpc) is 3.16. The number of furan rings is 1. The molecule has 8 heteroatoms. The molecule has 0 saturated carbocycles. The Morgan fingerprint density at radius 1 is 1.35 bits per heavy atom. The lowest BCUT2D eigenvalue weighted by atomic mass is 10.2. The number of nitrogens with one attached hydrogen (secondary N) is 2. The summed E-state index contributed by atoms with van der Waals surface area (Å²) in [5.41, 5.74) is 1.81. The summed E-state index contributed by atoms with van der Waals surface area (Å²) in [5, 5.41) is 2.97. The second-order valence-electron chi connectivity index (χ2n) is 4.70. The van der Waals surface area contributed by atoms with E-state index in [9.17, 15) is 9.59 Å². The van der Waals surface area contributed by atoms with E-state index in [1.165, 1.54) is 13.2 Å². The summed E-state index contributed by atoms with van der Waals surface area (Å²) in [4.78, 5) is 30.4. The molecule has 2 N–H and O–H groups in total. The molecule has 0 aliphatic rings. The number of nitrogens with zero attached hydrogens (tertiary/aromatic N) is 1. The molecule has 1 amide bonds. The van der Waals surface area contributed by atoms with Gasteiger partial charge < -0.3 is 19.5 Å². The van der Waals surface area contributed by atoms with Gasteiger partial charge in [0.1, 0.15) is 5.76 Å². The molecule has 3 aromatic rings. The first-order valence-electron chi connectivity index (χ1n) is 6.67. The molecule has 0 fully saturated rings. The van der Waals surface area contributed by atoms with Crippen LogP contribution in [0, 0.1) is 0 Å². The fourth-order valence-electron chi connectivity index (χ4n) is 2.07. The number of benzene rings is 1. The first kappa shape index (κ1) is 15.1. The van der Waals surface area contributed by atoms with Gasteiger partial charge in [0.15, 0.2) is 0 Å². The SMILES string of the molecule is COC(=O)c1ccc(CNC(=O)c2ccc3nc(Cl)[nH]c3c2)o1. The number of methoxy groups -OCH3 is 1. The molecule has 23 heavy (non-hydrogen) atoms. The predicted molar refractivity (Wildman–Crippen MR) is 82.3 cm³/mol. The Morgan fingerprint density at radius 2 is 2.17 bits per heavy atom. The number of imidazole rings is 1. The Morgan fingerprint density at radius 3 is 2.96 bits per heavy atom. The third-order valence-corrected chi connectivity index (χ3v) is 3.37. The van der Waals surface area contributed by atoms with E-state index < -0.39 is 5.97 Å². The molecule has 3 rings (SSSR count). The number of H-pyrrole nitrogens is 1. The number of esters is 1. The fraction of sp³-hybridized carbons (Fsp3) is 0.133. The van der Waals surface area contributed by atoms with Crippen molar-refractivity contribution in [3.05, 3.63) is 52.7 Å². The van der Waals surface area contributed by atoms with E-state index in [4.69, 9.17) is 16.0 Å². The summed E-state index contributed by atoms with van der Waals surface area (Å²) in [5.74, 6) is -0.313. The summed E-state index contributed by atoms with van der Waals surface area (Å²) in [7, 11) is 1.27. The molecule has 2 heterocycles. The van der Waals surface area contributed by atoms with Crippen LogP contribution in [0.4, 0.5) is 0 Å². The molecule has 2 aromatic heterocycles. The Labute approximate surface area is 135 Å². The lowest BCUT2D eigenvalue weighted by Gasteiger charge is -2.03. The molecule has 0 aliphatic carbocycles. The van der Waals surface area contributed by atoms with Gasteiger partial charge in [0.05, 0.1) is 24.7 Å². The third kappa shape index (κ3) is 3.19. The Hall–Kier alpha value is -2.80. The van der Waals surface area contributed by atoms with Gasteiger partial charge in [-0.2, -0.15) is 0 Å². The second kappa shape index (κ2) is 6.13. The number of ether oxygens (including phenoxy) is 1. The topological polar surface area (TPSA) is 97.2 Å². The van der Waals surface area contributed by atoms with E-state index in [1.807, 2.05) is 0 Å². The highest BCUT2D eigenvalue weighted by molar-refractivity contribution is 6.29. The molecular formula is C15H12ClN3O4. The molecule has 0 saturated heterocycles. The molecule has 118 valence electrons. The van der Waals surface area contributed by atoms with E-state index in [1.54, 1.807) is 24.3 Å². The zero-order valence-corrected chi connectivity index (χ0v) is 12.8. The van der Waals surface area contributed by atoms with Crippen LogP contribution < -0.4 is 5.32 Å². The van der Waals surface area contributed by atoms with E-state index in [2.05, 4.69) is 20.0 Å². The number of carbonyl (C=O) groups excluding carboxylic acids is 2. The minimum atomic E-state index is -0.566. The van der Waals surface area contributed by atoms with Crippen molar-refractivity contribution in [2.45, 2.75) is 6.54 Å². The summed E-state index contributed by atoms with van der Waals surface area (Å²) < 4.78 is 9.82. The van der Waals surface area contributed by atoms with E-state index in [0.29, 0.717) is 22.4 Å². The summed E-state index contributed by atoms with van der Waals surface area (Å²) in [6.07, 6.45) is 0. The first-order valence-corrected chi connectivity index (χ1v) is 7.05. The maximum atomic E-state index is 12.2. The fourth-order valence-corrected chi connectivity index (χ4v) is 2.27. The molecule has 0 unspecified atom stereocenters. The lowest BCUT2D eigenvalue weighted by molar-refractivity contribution is 0.0563. The second-order valence-corrected chi connectivity index (χ2v) is 5.06. The van der Waals surface area contributed by atoms with Crippen molar-refractivity contribution in [1.29, 1.82) is 0 Å². The Kier molecular flexibility index (Phi) is 4.03. The van der Waals surface area contributed by atoms with Crippen molar-refractivity contribution >= 4 is 34.5 Å². The minimum Gasteiger partial charge on any atom is -0.463 e. The molecule has 1 aromatic carbocycles. The maximum absolute atomic E-state index is 12.2. The van der Waals surface area contributed by atoms with Gasteiger partial charge in [-0.25, -0.2) is 9.78 Å². The number of hydrogen-bond donors (Lipinski definition) is 2. The average molecular weight is 334 g/mol. The van der Waals surface area contributed by atoms with Crippen LogP contribution in [-0.2, 0) is 11.3 Å². The molecular weight excluding hydrogens is 322 g/mol. The number of aromatic amines is 1. The summed E-state index contributed by atoms with van der Waals surface area (Å²) in [6.45, 7) is 0.150. The molecule has 7 nitrogen and oxygen atoms in total. The zero-order valence-electron chi connectivity index (χ0n) is 12.1. The number of aromatic nitrogens is 2. The van der Waals surface area contributed by atoms with Gasteiger partial charge in [-0.05, 0) is 41.9 Å². The smallest absolute Gasteiger partial charge is 0.373 e. The standard InChI is InChI=1S/C15H12ClN3O4/c1-22-14(21)12-5-3-9(23-12)7-17-13(20)8-2-4-10-11(6-8)19-15(16)18-10/h2-6H,7H2,1H3,(H,17,20)(H,18,19). The monoisotopic (exact) mass is 333 g/mol. The van der Waals surface area contributed by atoms with Gasteiger partial charge in [0.2, 0.25) is 11.0 Å². The summed E-state index contributed by atoms with van der Waals surface area (Å²) in [6, 6.07) is 8.10. The van der Waals surface area contributed by atoms with Crippen molar-refractivity contribution in [1.82, 2.24) is 15.3 Å². The van der Waals surface area contributed by atoms with Crippen molar-refractivity contribution in [2.75, 3.05) is 7.11 Å². The maximum Gasteiger partial charge on any atom is 0.373 e. The van der Waals surface area contributed by atoms with Crippen LogP contribution in [0.25, 0.3) is 11.0 Å². The molecule has 0 atom stereocenters. The normalized spacial score (nSPS) is 10.7. The largest absolute Gasteiger partial charge is 0.463 e. The van der Waals surface area contributed by atoms with Gasteiger partial charge in [0.25, 0.3) is 5.91 Å². The summed E-state index contributed by atoms with van der Waals surface area (Å²) >= 11 is 5.78. The van der Waals surface area contributed by atoms with Gasteiger partial charge >= 0.3 is 5.97 Å². The Bertz CT molecular complexity index is 884. The number of rotatable bonds is 4. The van der Waals surface area contributed by atoms with Crippen LogP contribution in [0.1, 0.15) is 26.7 Å². The highest BCUT2D eigenvalue weighted by Crippen LogP contribution is 2.16. The molecule has 0 spiro atoms. The third-order valence-electron chi connectivity index (χ3n) is 3.19. The van der Waals surface area contributed by atoms with Gasteiger partial charge in [-0.1, -0.05) is 0 Å². The van der Waals surface area contributed by atoms with Crippen LogP contribution in [0.5, 0.6) is 0 Å². The van der Waals surface area contributed by atoms with Crippen molar-refractivity contribution in [3.8, 4) is 0 Å². The molecule has 0 aliphatic heterocycles. The van der Waals surface area contributed by atoms with E-state index in [-0.39, 0.29) is 23.5 Å². The Balaban J connectivity index is 1.68. The van der Waals surface area contributed by atoms with E-state index in [0.717, 1.165) is 0 Å². The first-order chi connectivity index (χ1) is 11.1.